The van der Waals surface area contributed by atoms with Crippen LogP contribution in [0.15, 0.2) is 0 Å². The van der Waals surface area contributed by atoms with Crippen molar-refractivity contribution < 1.29 is 0 Å². The summed E-state index contributed by atoms with van der Waals surface area (Å²) < 4.78 is 2.07. The third-order valence-corrected chi connectivity index (χ3v) is 2.66. The highest BCUT2D eigenvalue weighted by molar-refractivity contribution is 5.21. The Labute approximate surface area is 106 Å². The molecule has 98 valence electrons. The van der Waals surface area contributed by atoms with E-state index in [1.54, 1.807) is 0 Å². The van der Waals surface area contributed by atoms with Crippen LogP contribution in [0, 0.1) is 5.41 Å². The highest BCUT2D eigenvalue weighted by Gasteiger charge is 2.28. The first kappa shape index (κ1) is 14.2. The quantitative estimate of drug-likeness (QED) is 0.784. The molecule has 0 aliphatic carbocycles. The van der Waals surface area contributed by atoms with Gasteiger partial charge in [0, 0.05) is 11.5 Å². The highest BCUT2D eigenvalue weighted by Crippen LogP contribution is 2.30. The Kier molecular flexibility index (Phi) is 3.70. The third-order valence-electron chi connectivity index (χ3n) is 2.66. The van der Waals surface area contributed by atoms with Crippen molar-refractivity contribution in [3.63, 3.8) is 0 Å². The van der Waals surface area contributed by atoms with Crippen LogP contribution in [0.2, 0.25) is 0 Å². The van der Waals surface area contributed by atoms with Gasteiger partial charge in [0.2, 0.25) is 0 Å². The molecule has 0 fully saturated rings. The molecule has 0 aliphatic rings. The van der Waals surface area contributed by atoms with E-state index in [4.69, 9.17) is 0 Å². The third kappa shape index (κ3) is 3.55. The van der Waals surface area contributed by atoms with Crippen molar-refractivity contribution in [3.8, 4) is 0 Å². The van der Waals surface area contributed by atoms with E-state index in [-0.39, 0.29) is 10.8 Å². The van der Waals surface area contributed by atoms with Crippen LogP contribution in [-0.2, 0) is 11.8 Å². The van der Waals surface area contributed by atoms with Crippen molar-refractivity contribution in [2.24, 2.45) is 5.41 Å². The minimum atomic E-state index is 0.0916. The Balaban J connectivity index is 3.24. The van der Waals surface area contributed by atoms with E-state index in [1.807, 2.05) is 0 Å². The van der Waals surface area contributed by atoms with Gasteiger partial charge in [0.05, 0.1) is 11.4 Å². The molecule has 0 bridgehead atoms. The molecule has 0 amide bonds. The molecule has 1 heterocycles. The monoisotopic (exact) mass is 237 g/mol. The molecular formula is C14H27N3. The van der Waals surface area contributed by atoms with Crippen LogP contribution in [0.3, 0.4) is 0 Å². The standard InChI is InChI=1S/C14H27N3/c1-10(2)17-12(14(6,7)8)11(15-16-17)9-13(3,4)5/h10H,9H2,1-8H3. The van der Waals surface area contributed by atoms with E-state index in [0.717, 1.165) is 12.1 Å². The molecule has 0 saturated heterocycles. The summed E-state index contributed by atoms with van der Waals surface area (Å²) in [7, 11) is 0. The number of nitrogens with zero attached hydrogens (tertiary/aromatic N) is 3. The largest absolute Gasteiger partial charge is 0.246 e. The molecule has 0 unspecified atom stereocenters. The van der Waals surface area contributed by atoms with E-state index in [0.29, 0.717) is 6.04 Å². The zero-order chi connectivity index (χ0) is 13.4. The Bertz CT molecular complexity index is 375. The lowest BCUT2D eigenvalue weighted by molar-refractivity contribution is 0.396. The first-order valence-corrected chi connectivity index (χ1v) is 6.47. The van der Waals surface area contributed by atoms with Crippen molar-refractivity contribution in [3.05, 3.63) is 11.4 Å². The van der Waals surface area contributed by atoms with Crippen molar-refractivity contribution in [1.29, 1.82) is 0 Å². The van der Waals surface area contributed by atoms with Crippen LogP contribution in [0.4, 0.5) is 0 Å². The summed E-state index contributed by atoms with van der Waals surface area (Å²) in [4.78, 5) is 0. The maximum absolute atomic E-state index is 4.40. The smallest absolute Gasteiger partial charge is 0.0869 e. The van der Waals surface area contributed by atoms with Crippen LogP contribution in [-0.4, -0.2) is 15.0 Å². The normalized spacial score (nSPS) is 13.5. The summed E-state index contributed by atoms with van der Waals surface area (Å²) >= 11 is 0. The van der Waals surface area contributed by atoms with Gasteiger partial charge in [0.15, 0.2) is 0 Å². The zero-order valence-electron chi connectivity index (χ0n) is 12.6. The summed E-state index contributed by atoms with van der Waals surface area (Å²) in [6.45, 7) is 17.7. The van der Waals surface area contributed by atoms with Gasteiger partial charge >= 0.3 is 0 Å². The van der Waals surface area contributed by atoms with E-state index in [1.165, 1.54) is 5.69 Å². The highest BCUT2D eigenvalue weighted by atomic mass is 15.4. The van der Waals surface area contributed by atoms with E-state index >= 15 is 0 Å². The number of hydrogen-bond acceptors (Lipinski definition) is 2. The summed E-state index contributed by atoms with van der Waals surface area (Å²) in [5.74, 6) is 0. The molecule has 1 aromatic rings. The SMILES string of the molecule is CC(C)n1nnc(CC(C)(C)C)c1C(C)(C)C. The summed E-state index contributed by atoms with van der Waals surface area (Å²) in [6, 6.07) is 0.366. The molecular weight excluding hydrogens is 210 g/mol. The van der Waals surface area contributed by atoms with Crippen LogP contribution in [0.1, 0.15) is 72.8 Å². The van der Waals surface area contributed by atoms with Crippen molar-refractivity contribution in [2.45, 2.75) is 73.3 Å². The van der Waals surface area contributed by atoms with E-state index < -0.39 is 0 Å². The van der Waals surface area contributed by atoms with Crippen molar-refractivity contribution in [1.82, 2.24) is 15.0 Å². The molecule has 3 heteroatoms. The maximum atomic E-state index is 4.40. The van der Waals surface area contributed by atoms with Gasteiger partial charge in [-0.3, -0.25) is 0 Å². The van der Waals surface area contributed by atoms with Gasteiger partial charge in [-0.1, -0.05) is 46.8 Å². The van der Waals surface area contributed by atoms with Crippen LogP contribution in [0.25, 0.3) is 0 Å². The van der Waals surface area contributed by atoms with Gasteiger partial charge in [-0.2, -0.15) is 0 Å². The molecule has 0 saturated carbocycles. The predicted octanol–water partition coefficient (Wildman–Crippen LogP) is 3.75. The number of hydrogen-bond donors (Lipinski definition) is 0. The minimum Gasteiger partial charge on any atom is -0.246 e. The van der Waals surface area contributed by atoms with E-state index in [9.17, 15) is 0 Å². The van der Waals surface area contributed by atoms with Crippen LogP contribution < -0.4 is 0 Å². The molecule has 17 heavy (non-hydrogen) atoms. The molecule has 0 spiro atoms. The average Bonchev–Trinajstić information content (AvgIpc) is 2.43. The molecule has 0 radical (unpaired) electrons. The Morgan fingerprint density at radius 1 is 1.06 bits per heavy atom. The minimum absolute atomic E-state index is 0.0916. The molecule has 0 aromatic carbocycles. The second-order valence-electron chi connectivity index (χ2n) is 7.41. The number of aromatic nitrogens is 3. The van der Waals surface area contributed by atoms with Crippen LogP contribution in [0.5, 0.6) is 0 Å². The Morgan fingerprint density at radius 2 is 1.59 bits per heavy atom. The van der Waals surface area contributed by atoms with Gasteiger partial charge in [0.1, 0.15) is 0 Å². The van der Waals surface area contributed by atoms with Crippen LogP contribution >= 0.6 is 0 Å². The maximum Gasteiger partial charge on any atom is 0.0869 e. The average molecular weight is 237 g/mol. The number of rotatable bonds is 2. The zero-order valence-corrected chi connectivity index (χ0v) is 12.6. The van der Waals surface area contributed by atoms with Gasteiger partial charge in [0.25, 0.3) is 0 Å². The topological polar surface area (TPSA) is 30.7 Å². The fraction of sp³-hybridized carbons (Fsp3) is 0.857. The summed E-state index contributed by atoms with van der Waals surface area (Å²) in [6.07, 6.45) is 0.978. The lowest BCUT2D eigenvalue weighted by Crippen LogP contribution is -2.23. The van der Waals surface area contributed by atoms with Gasteiger partial charge in [-0.25, -0.2) is 4.68 Å². The molecule has 0 atom stereocenters. The second kappa shape index (κ2) is 4.43. The first-order chi connectivity index (χ1) is 7.52. The Hall–Kier alpha value is -0.860. The lowest BCUT2D eigenvalue weighted by atomic mass is 9.84. The summed E-state index contributed by atoms with van der Waals surface area (Å²) in [5, 5.41) is 8.74. The first-order valence-electron chi connectivity index (χ1n) is 6.47. The molecule has 0 N–H and O–H groups in total. The van der Waals surface area contributed by atoms with Gasteiger partial charge in [-0.05, 0) is 25.7 Å². The fourth-order valence-corrected chi connectivity index (χ4v) is 2.09. The molecule has 1 rings (SSSR count). The molecule has 3 nitrogen and oxygen atoms in total. The predicted molar refractivity (Wildman–Crippen MR) is 72.3 cm³/mol. The van der Waals surface area contributed by atoms with E-state index in [2.05, 4.69) is 70.4 Å². The Morgan fingerprint density at radius 3 is 1.94 bits per heavy atom. The molecule has 1 aromatic heterocycles. The van der Waals surface area contributed by atoms with Crippen molar-refractivity contribution in [2.75, 3.05) is 0 Å². The van der Waals surface area contributed by atoms with Gasteiger partial charge < -0.3 is 0 Å². The second-order valence-corrected chi connectivity index (χ2v) is 7.41. The lowest BCUT2D eigenvalue weighted by Gasteiger charge is -2.25. The van der Waals surface area contributed by atoms with Gasteiger partial charge in [-0.15, -0.1) is 5.10 Å². The molecule has 0 aliphatic heterocycles. The fourth-order valence-electron chi connectivity index (χ4n) is 2.09. The van der Waals surface area contributed by atoms with Crippen molar-refractivity contribution >= 4 is 0 Å². The summed E-state index contributed by atoms with van der Waals surface area (Å²) in [5.41, 5.74) is 2.77.